The number of carbonyl (C=O) groups excluding carboxylic acids is 2. The highest BCUT2D eigenvalue weighted by molar-refractivity contribution is 5.94. The van der Waals surface area contributed by atoms with Crippen LogP contribution in [0.3, 0.4) is 0 Å². The minimum Gasteiger partial charge on any atom is -0.444 e. The van der Waals surface area contributed by atoms with Crippen molar-refractivity contribution in [2.24, 2.45) is 0 Å². The van der Waals surface area contributed by atoms with Gasteiger partial charge in [-0.15, -0.1) is 0 Å². The molecule has 44 heavy (non-hydrogen) atoms. The summed E-state index contributed by atoms with van der Waals surface area (Å²) in [6, 6.07) is 8.58. The Hall–Kier alpha value is -4.94. The molecular weight excluding hydrogens is 565 g/mol. The van der Waals surface area contributed by atoms with E-state index in [9.17, 15) is 14.0 Å². The van der Waals surface area contributed by atoms with E-state index in [-0.39, 0.29) is 23.6 Å². The Morgan fingerprint density at radius 1 is 0.909 bits per heavy atom. The Kier molecular flexibility index (Phi) is 8.83. The normalized spacial score (nSPS) is 13.6. The van der Waals surface area contributed by atoms with Crippen molar-refractivity contribution in [1.29, 1.82) is 0 Å². The number of hydrogen-bond donors (Lipinski definition) is 1. The Morgan fingerprint density at radius 3 is 2.30 bits per heavy atom. The largest absolute Gasteiger partial charge is 0.444 e. The molecule has 5 rings (SSSR count). The van der Waals surface area contributed by atoms with Gasteiger partial charge in [0.05, 0.1) is 29.0 Å². The molecule has 1 aromatic carbocycles. The third kappa shape index (κ3) is 6.99. The van der Waals surface area contributed by atoms with Gasteiger partial charge < -0.3 is 24.8 Å². The number of rotatable bonds is 7. The summed E-state index contributed by atoms with van der Waals surface area (Å²) in [7, 11) is 0. The van der Waals surface area contributed by atoms with Crippen LogP contribution in [0.2, 0.25) is 0 Å². The first kappa shape index (κ1) is 30.5. The Morgan fingerprint density at radius 2 is 1.64 bits per heavy atom. The van der Waals surface area contributed by atoms with Crippen LogP contribution in [0.25, 0.3) is 22.3 Å². The SMILES string of the molecule is CCN(CC)c1cnc2ccc(-c3nc(Nc4ccc(C(=O)N5CCN(C(=O)OC(C)(C)C)CC5)cn4)ncc3F)cc2n1. The smallest absolute Gasteiger partial charge is 0.410 e. The van der Waals surface area contributed by atoms with Gasteiger partial charge in [-0.05, 0) is 58.9 Å². The molecule has 1 aliphatic rings. The van der Waals surface area contributed by atoms with Crippen molar-refractivity contribution >= 4 is 40.6 Å². The van der Waals surface area contributed by atoms with Crippen LogP contribution in [0.15, 0.2) is 48.9 Å². The van der Waals surface area contributed by atoms with Crippen molar-refractivity contribution in [3.05, 3.63) is 60.3 Å². The molecule has 0 saturated carbocycles. The Bertz CT molecular complexity index is 1650. The lowest BCUT2D eigenvalue weighted by atomic mass is 10.1. The quantitative estimate of drug-likeness (QED) is 0.312. The fourth-order valence-corrected chi connectivity index (χ4v) is 4.79. The summed E-state index contributed by atoms with van der Waals surface area (Å²) in [6.07, 6.45) is 3.92. The van der Waals surface area contributed by atoms with E-state index in [1.807, 2.05) is 34.6 Å². The number of fused-ring (bicyclic) bond motifs is 1. The lowest BCUT2D eigenvalue weighted by molar-refractivity contribution is 0.0141. The molecular formula is C31H36FN9O3. The number of hydrogen-bond acceptors (Lipinski definition) is 10. The van der Waals surface area contributed by atoms with E-state index in [0.29, 0.717) is 54.2 Å². The highest BCUT2D eigenvalue weighted by Gasteiger charge is 2.28. The predicted octanol–water partition coefficient (Wildman–Crippen LogP) is 4.90. The number of halogens is 1. The van der Waals surface area contributed by atoms with Crippen LogP contribution >= 0.6 is 0 Å². The Labute approximate surface area is 255 Å². The molecule has 3 aromatic heterocycles. The maximum Gasteiger partial charge on any atom is 0.410 e. The third-order valence-electron chi connectivity index (χ3n) is 7.10. The van der Waals surface area contributed by atoms with Crippen molar-refractivity contribution in [2.45, 2.75) is 40.2 Å². The lowest BCUT2D eigenvalue weighted by Gasteiger charge is -2.35. The molecule has 1 N–H and O–H groups in total. The van der Waals surface area contributed by atoms with Gasteiger partial charge in [-0.1, -0.05) is 6.07 Å². The van der Waals surface area contributed by atoms with Gasteiger partial charge in [0.2, 0.25) is 5.95 Å². The first-order chi connectivity index (χ1) is 21.0. The molecule has 0 aliphatic carbocycles. The average molecular weight is 602 g/mol. The van der Waals surface area contributed by atoms with Crippen molar-refractivity contribution in [2.75, 3.05) is 49.5 Å². The van der Waals surface area contributed by atoms with E-state index in [0.717, 1.165) is 25.1 Å². The lowest BCUT2D eigenvalue weighted by Crippen LogP contribution is -2.51. The number of anilines is 3. The molecule has 0 atom stereocenters. The van der Waals surface area contributed by atoms with Crippen LogP contribution in [0, 0.1) is 5.82 Å². The van der Waals surface area contributed by atoms with Crippen molar-refractivity contribution in [3.63, 3.8) is 0 Å². The minimum atomic E-state index is -0.580. The maximum absolute atomic E-state index is 14.9. The molecule has 13 heteroatoms. The molecule has 230 valence electrons. The first-order valence-corrected chi connectivity index (χ1v) is 14.6. The monoisotopic (exact) mass is 601 g/mol. The highest BCUT2D eigenvalue weighted by atomic mass is 19.1. The number of aromatic nitrogens is 5. The molecule has 4 heterocycles. The van der Waals surface area contributed by atoms with Gasteiger partial charge in [-0.2, -0.15) is 0 Å². The van der Waals surface area contributed by atoms with Gasteiger partial charge in [0.25, 0.3) is 5.91 Å². The molecule has 12 nitrogen and oxygen atoms in total. The summed E-state index contributed by atoms with van der Waals surface area (Å²) in [5, 5.41) is 2.98. The van der Waals surface area contributed by atoms with E-state index < -0.39 is 11.4 Å². The third-order valence-corrected chi connectivity index (χ3v) is 7.10. The number of pyridine rings is 1. The van der Waals surface area contributed by atoms with E-state index in [1.165, 1.54) is 6.20 Å². The second-order valence-corrected chi connectivity index (χ2v) is 11.3. The van der Waals surface area contributed by atoms with Crippen LogP contribution in [0.5, 0.6) is 0 Å². The molecule has 0 spiro atoms. The fraction of sp³-hybridized carbons (Fsp3) is 0.387. The van der Waals surface area contributed by atoms with Gasteiger partial charge in [-0.25, -0.2) is 29.1 Å². The zero-order chi connectivity index (χ0) is 31.4. The summed E-state index contributed by atoms with van der Waals surface area (Å²) in [6.45, 7) is 12.7. The van der Waals surface area contributed by atoms with Crippen LogP contribution in [-0.4, -0.2) is 91.6 Å². The second-order valence-electron chi connectivity index (χ2n) is 11.3. The van der Waals surface area contributed by atoms with Crippen molar-refractivity contribution < 1.29 is 18.7 Å². The predicted molar refractivity (Wildman–Crippen MR) is 165 cm³/mol. The molecule has 4 aromatic rings. The molecule has 2 amide bonds. The van der Waals surface area contributed by atoms with Gasteiger partial charge in [-0.3, -0.25) is 9.78 Å². The summed E-state index contributed by atoms with van der Waals surface area (Å²) < 4.78 is 20.3. The van der Waals surface area contributed by atoms with Gasteiger partial charge in [0.15, 0.2) is 5.82 Å². The molecule has 1 saturated heterocycles. The topological polar surface area (TPSA) is 130 Å². The number of amides is 2. The zero-order valence-corrected chi connectivity index (χ0v) is 25.5. The number of nitrogens with one attached hydrogen (secondary N) is 1. The summed E-state index contributed by atoms with van der Waals surface area (Å²) in [5.41, 5.74) is 1.80. The Balaban J connectivity index is 1.26. The molecule has 1 fully saturated rings. The standard InChI is InChI=1S/C31H36FN9O3/c1-6-39(7-2)26-19-33-23-10-8-20(16-24(23)36-26)27-22(32)18-35-29(38-27)37-25-11-9-21(17-34-25)28(42)40-12-14-41(15-13-40)30(43)44-31(3,4)5/h8-11,16-19H,6-7,12-15H2,1-5H3,(H,34,35,37,38). The number of nitrogens with zero attached hydrogens (tertiary/aromatic N) is 8. The molecule has 0 radical (unpaired) electrons. The zero-order valence-electron chi connectivity index (χ0n) is 25.5. The number of benzene rings is 1. The van der Waals surface area contributed by atoms with Crippen LogP contribution in [0.4, 0.5) is 26.8 Å². The van der Waals surface area contributed by atoms with E-state index in [2.05, 4.69) is 30.2 Å². The van der Waals surface area contributed by atoms with Crippen molar-refractivity contribution in [3.8, 4) is 11.3 Å². The second kappa shape index (κ2) is 12.7. The van der Waals surface area contributed by atoms with Crippen molar-refractivity contribution in [1.82, 2.24) is 34.7 Å². The minimum absolute atomic E-state index is 0.108. The maximum atomic E-state index is 14.9. The summed E-state index contributed by atoms with van der Waals surface area (Å²) in [4.78, 5) is 52.8. The van der Waals surface area contributed by atoms with E-state index >= 15 is 0 Å². The number of ether oxygens (including phenoxy) is 1. The highest BCUT2D eigenvalue weighted by Crippen LogP contribution is 2.26. The number of piperazine rings is 1. The van der Waals surface area contributed by atoms with Crippen LogP contribution < -0.4 is 10.2 Å². The van der Waals surface area contributed by atoms with Gasteiger partial charge in [0, 0.05) is 51.0 Å². The van der Waals surface area contributed by atoms with E-state index in [1.54, 1.807) is 46.3 Å². The van der Waals surface area contributed by atoms with Gasteiger partial charge >= 0.3 is 6.09 Å². The number of carbonyl (C=O) groups is 2. The van der Waals surface area contributed by atoms with Gasteiger partial charge in [0.1, 0.15) is 22.9 Å². The molecule has 0 bridgehead atoms. The van der Waals surface area contributed by atoms with E-state index in [4.69, 9.17) is 9.72 Å². The molecule has 0 unspecified atom stereocenters. The fourth-order valence-electron chi connectivity index (χ4n) is 4.79. The summed E-state index contributed by atoms with van der Waals surface area (Å²) in [5.74, 6) is 0.526. The van der Waals surface area contributed by atoms with Crippen LogP contribution in [0.1, 0.15) is 45.0 Å². The average Bonchev–Trinajstić information content (AvgIpc) is 3.01. The first-order valence-electron chi connectivity index (χ1n) is 14.6. The summed E-state index contributed by atoms with van der Waals surface area (Å²) >= 11 is 0. The molecule has 1 aliphatic heterocycles. The van der Waals surface area contributed by atoms with Crippen LogP contribution in [-0.2, 0) is 4.74 Å².